The lowest BCUT2D eigenvalue weighted by Crippen LogP contribution is -2.15. The molecule has 3 aromatic rings. The Labute approximate surface area is 184 Å². The highest BCUT2D eigenvalue weighted by molar-refractivity contribution is 7.99. The van der Waals surface area contributed by atoms with Crippen LogP contribution in [0.1, 0.15) is 31.7 Å². The van der Waals surface area contributed by atoms with Crippen molar-refractivity contribution in [1.82, 2.24) is 14.8 Å². The number of amides is 1. The first-order valence-corrected chi connectivity index (χ1v) is 11.5. The van der Waals surface area contributed by atoms with Crippen molar-refractivity contribution < 1.29 is 14.3 Å². The number of carbonyl (C=O) groups excluding carboxylic acids is 1. The Hall–Kier alpha value is -2.52. The molecule has 0 aliphatic carbocycles. The quantitative estimate of drug-likeness (QED) is 0.471. The van der Waals surface area contributed by atoms with Crippen molar-refractivity contribution in [3.8, 4) is 22.9 Å². The van der Waals surface area contributed by atoms with Gasteiger partial charge in [0.05, 0.1) is 25.7 Å². The minimum absolute atomic E-state index is 0.157. The molecule has 0 aliphatic rings. The fraction of sp³-hybridized carbons (Fsp3) is 0.381. The number of carbonyl (C=O) groups is 1. The standard InChI is InChI=1S/C21H26N4O3S2/c1-6-16-9-14(11-29-16)20-23-24-21(25(20)13(2)3)30-12-19(26)22-17-10-15(27-4)7-8-18(17)28-5/h7-11,13H,6,12H2,1-5H3,(H,22,26). The maximum absolute atomic E-state index is 12.6. The van der Waals surface area contributed by atoms with Crippen LogP contribution in [0.5, 0.6) is 11.5 Å². The second-order valence-corrected chi connectivity index (χ2v) is 8.77. The third kappa shape index (κ3) is 4.96. The zero-order chi connectivity index (χ0) is 21.7. The smallest absolute Gasteiger partial charge is 0.234 e. The molecule has 30 heavy (non-hydrogen) atoms. The first-order valence-electron chi connectivity index (χ1n) is 9.64. The average molecular weight is 447 g/mol. The number of hydrogen-bond donors (Lipinski definition) is 1. The summed E-state index contributed by atoms with van der Waals surface area (Å²) in [4.78, 5) is 13.9. The predicted octanol–water partition coefficient (Wildman–Crippen LogP) is 4.90. The highest BCUT2D eigenvalue weighted by atomic mass is 32.2. The van der Waals surface area contributed by atoms with Crippen LogP contribution in [0.15, 0.2) is 34.8 Å². The van der Waals surface area contributed by atoms with Crippen molar-refractivity contribution >= 4 is 34.7 Å². The van der Waals surface area contributed by atoms with Crippen LogP contribution in [-0.2, 0) is 11.2 Å². The Morgan fingerprint density at radius 1 is 1.23 bits per heavy atom. The molecule has 0 saturated heterocycles. The summed E-state index contributed by atoms with van der Waals surface area (Å²) in [6, 6.07) is 7.60. The third-order valence-electron chi connectivity index (χ3n) is 4.45. The molecule has 0 spiro atoms. The predicted molar refractivity (Wildman–Crippen MR) is 122 cm³/mol. The summed E-state index contributed by atoms with van der Waals surface area (Å²) < 4.78 is 12.6. The van der Waals surface area contributed by atoms with E-state index in [2.05, 4.69) is 52.3 Å². The molecule has 0 radical (unpaired) electrons. The van der Waals surface area contributed by atoms with E-state index in [1.165, 1.54) is 16.6 Å². The zero-order valence-corrected chi connectivity index (χ0v) is 19.4. The van der Waals surface area contributed by atoms with E-state index < -0.39 is 0 Å². The van der Waals surface area contributed by atoms with Gasteiger partial charge < -0.3 is 14.8 Å². The normalized spacial score (nSPS) is 11.0. The molecule has 0 bridgehead atoms. The third-order valence-corrected chi connectivity index (χ3v) is 6.48. The highest BCUT2D eigenvalue weighted by Gasteiger charge is 2.19. The van der Waals surface area contributed by atoms with Crippen LogP contribution in [0.4, 0.5) is 5.69 Å². The van der Waals surface area contributed by atoms with Crippen molar-refractivity contribution in [2.75, 3.05) is 25.3 Å². The van der Waals surface area contributed by atoms with Crippen LogP contribution in [0.25, 0.3) is 11.4 Å². The number of nitrogens with one attached hydrogen (secondary N) is 1. The van der Waals surface area contributed by atoms with Gasteiger partial charge in [-0.2, -0.15) is 0 Å². The van der Waals surface area contributed by atoms with Crippen LogP contribution < -0.4 is 14.8 Å². The van der Waals surface area contributed by atoms with Gasteiger partial charge in [0, 0.05) is 27.9 Å². The first-order chi connectivity index (χ1) is 14.5. The summed E-state index contributed by atoms with van der Waals surface area (Å²) in [6.07, 6.45) is 0.996. The number of anilines is 1. The zero-order valence-electron chi connectivity index (χ0n) is 17.8. The Balaban J connectivity index is 1.73. The van der Waals surface area contributed by atoms with Gasteiger partial charge in [-0.1, -0.05) is 18.7 Å². The van der Waals surface area contributed by atoms with Gasteiger partial charge in [-0.3, -0.25) is 9.36 Å². The van der Waals surface area contributed by atoms with Gasteiger partial charge in [-0.05, 0) is 38.5 Å². The molecule has 1 aromatic carbocycles. The number of hydrogen-bond acceptors (Lipinski definition) is 7. The molecule has 0 unspecified atom stereocenters. The summed E-state index contributed by atoms with van der Waals surface area (Å²) in [5.74, 6) is 2.10. The largest absolute Gasteiger partial charge is 0.497 e. The molecule has 2 aromatic heterocycles. The van der Waals surface area contributed by atoms with E-state index in [0.717, 1.165) is 23.0 Å². The molecular weight excluding hydrogens is 420 g/mol. The molecular formula is C21H26N4O3S2. The minimum atomic E-state index is -0.157. The molecule has 160 valence electrons. The van der Waals surface area contributed by atoms with Gasteiger partial charge in [0.15, 0.2) is 11.0 Å². The lowest BCUT2D eigenvalue weighted by molar-refractivity contribution is -0.113. The van der Waals surface area contributed by atoms with Gasteiger partial charge in [0.2, 0.25) is 5.91 Å². The number of thiophene rings is 1. The van der Waals surface area contributed by atoms with Crippen molar-refractivity contribution in [2.24, 2.45) is 0 Å². The van der Waals surface area contributed by atoms with E-state index in [9.17, 15) is 4.79 Å². The molecule has 2 heterocycles. The van der Waals surface area contributed by atoms with E-state index in [4.69, 9.17) is 9.47 Å². The second-order valence-electron chi connectivity index (χ2n) is 6.83. The molecule has 0 fully saturated rings. The van der Waals surface area contributed by atoms with Crippen molar-refractivity contribution in [3.05, 3.63) is 34.5 Å². The van der Waals surface area contributed by atoms with Crippen molar-refractivity contribution in [1.29, 1.82) is 0 Å². The Bertz CT molecular complexity index is 1010. The summed E-state index contributed by atoms with van der Waals surface area (Å²) >= 11 is 3.09. The average Bonchev–Trinajstić information content (AvgIpc) is 3.38. The number of nitrogens with zero attached hydrogens (tertiary/aromatic N) is 3. The molecule has 1 N–H and O–H groups in total. The SMILES string of the molecule is CCc1cc(-c2nnc(SCC(=O)Nc3cc(OC)ccc3OC)n2C(C)C)cs1. The summed E-state index contributed by atoms with van der Waals surface area (Å²) in [7, 11) is 3.14. The number of ether oxygens (including phenoxy) is 2. The molecule has 0 aliphatic heterocycles. The molecule has 3 rings (SSSR count). The van der Waals surface area contributed by atoms with Gasteiger partial charge in [0.25, 0.3) is 0 Å². The van der Waals surface area contributed by atoms with E-state index in [1.54, 1.807) is 43.8 Å². The lowest BCUT2D eigenvalue weighted by atomic mass is 10.2. The van der Waals surface area contributed by atoms with Gasteiger partial charge >= 0.3 is 0 Å². The van der Waals surface area contributed by atoms with Crippen LogP contribution >= 0.6 is 23.1 Å². The molecule has 9 heteroatoms. The lowest BCUT2D eigenvalue weighted by Gasteiger charge is -2.14. The monoisotopic (exact) mass is 446 g/mol. The Kier molecular flexibility index (Phi) is 7.38. The van der Waals surface area contributed by atoms with E-state index in [1.807, 2.05) is 0 Å². The van der Waals surface area contributed by atoms with E-state index in [0.29, 0.717) is 17.2 Å². The number of thioether (sulfide) groups is 1. The number of methoxy groups -OCH3 is 2. The maximum Gasteiger partial charge on any atom is 0.234 e. The topological polar surface area (TPSA) is 78.3 Å². The van der Waals surface area contributed by atoms with Crippen LogP contribution in [-0.4, -0.2) is 40.6 Å². The fourth-order valence-corrected chi connectivity index (χ4v) is 4.63. The fourth-order valence-electron chi connectivity index (χ4n) is 2.95. The molecule has 0 saturated carbocycles. The summed E-state index contributed by atoms with van der Waals surface area (Å²) in [6.45, 7) is 6.32. The second kappa shape index (κ2) is 9.99. The number of benzene rings is 1. The summed E-state index contributed by atoms with van der Waals surface area (Å²) in [5.41, 5.74) is 1.63. The van der Waals surface area contributed by atoms with E-state index >= 15 is 0 Å². The number of aromatic nitrogens is 3. The van der Waals surface area contributed by atoms with Gasteiger partial charge in [-0.15, -0.1) is 21.5 Å². The first kappa shape index (κ1) is 22.2. The van der Waals surface area contributed by atoms with Crippen LogP contribution in [0.3, 0.4) is 0 Å². The maximum atomic E-state index is 12.6. The molecule has 7 nitrogen and oxygen atoms in total. The number of aryl methyl sites for hydroxylation is 1. The molecule has 0 atom stereocenters. The number of rotatable bonds is 9. The van der Waals surface area contributed by atoms with Crippen LogP contribution in [0, 0.1) is 0 Å². The minimum Gasteiger partial charge on any atom is -0.497 e. The Morgan fingerprint density at radius 2 is 2.03 bits per heavy atom. The van der Waals surface area contributed by atoms with Gasteiger partial charge in [0.1, 0.15) is 11.5 Å². The van der Waals surface area contributed by atoms with Crippen LogP contribution in [0.2, 0.25) is 0 Å². The summed E-state index contributed by atoms with van der Waals surface area (Å²) in [5, 5.41) is 14.5. The van der Waals surface area contributed by atoms with Crippen molar-refractivity contribution in [2.45, 2.75) is 38.4 Å². The van der Waals surface area contributed by atoms with Gasteiger partial charge in [-0.25, -0.2) is 0 Å². The molecule has 1 amide bonds. The highest BCUT2D eigenvalue weighted by Crippen LogP contribution is 2.32. The van der Waals surface area contributed by atoms with Crippen molar-refractivity contribution in [3.63, 3.8) is 0 Å². The Morgan fingerprint density at radius 3 is 2.67 bits per heavy atom. The van der Waals surface area contributed by atoms with E-state index in [-0.39, 0.29) is 17.7 Å².